The fourth-order valence-electron chi connectivity index (χ4n) is 4.21. The minimum absolute atomic E-state index is 0. The summed E-state index contributed by atoms with van der Waals surface area (Å²) < 4.78 is 31.5. The van der Waals surface area contributed by atoms with Crippen LogP contribution < -0.4 is 21.1 Å². The number of fused-ring (bicyclic) bond motifs is 1. The number of halogens is 2. The van der Waals surface area contributed by atoms with E-state index < -0.39 is 6.43 Å². The number of pyridine rings is 2. The van der Waals surface area contributed by atoms with Crippen molar-refractivity contribution in [3.63, 3.8) is 0 Å². The van der Waals surface area contributed by atoms with E-state index >= 15 is 0 Å². The fourth-order valence-corrected chi connectivity index (χ4v) is 4.21. The van der Waals surface area contributed by atoms with Gasteiger partial charge in [0.2, 0.25) is 6.43 Å². The largest absolute Gasteiger partial charge is 0.378 e. The van der Waals surface area contributed by atoms with Crippen molar-refractivity contribution >= 4 is 39.5 Å². The van der Waals surface area contributed by atoms with Gasteiger partial charge in [0.1, 0.15) is 11.6 Å². The Morgan fingerprint density at radius 1 is 1.03 bits per heavy atom. The number of rotatable bonds is 7. The lowest BCUT2D eigenvalue weighted by molar-refractivity contribution is 0.122. The molecule has 7 nitrogen and oxygen atoms in total. The zero-order chi connectivity index (χ0) is 24.2. The van der Waals surface area contributed by atoms with E-state index in [9.17, 15) is 13.6 Å². The Morgan fingerprint density at radius 3 is 2.53 bits per heavy atom. The normalized spacial score (nSPS) is 13.5. The molecule has 2 aromatic carbocycles. The molecule has 0 bridgehead atoms. The molecule has 0 radical (unpaired) electrons. The minimum atomic E-state index is -2.46. The number of nitrogens with zero attached hydrogens (tertiary/aromatic N) is 2. The Kier molecular flexibility index (Phi) is 7.80. The predicted octanol–water partition coefficient (Wildman–Crippen LogP) is 5.69. The highest BCUT2D eigenvalue weighted by Crippen LogP contribution is 2.29. The van der Waals surface area contributed by atoms with Crippen LogP contribution in [-0.2, 0) is 11.2 Å². The van der Waals surface area contributed by atoms with E-state index in [2.05, 4.69) is 25.5 Å². The number of aromatic nitrogens is 2. The van der Waals surface area contributed by atoms with Gasteiger partial charge in [-0.15, -0.1) is 0 Å². The number of alkyl halides is 2. The summed E-state index contributed by atoms with van der Waals surface area (Å²) in [5.74, 6) is 0.814. The third-order valence-corrected chi connectivity index (χ3v) is 5.91. The highest BCUT2D eigenvalue weighted by atomic mass is 19.3. The van der Waals surface area contributed by atoms with Crippen LogP contribution in [0.25, 0.3) is 10.8 Å². The molecular formula is C27H29F2N5O2. The van der Waals surface area contributed by atoms with E-state index in [1.165, 1.54) is 0 Å². The Balaban J connectivity index is 0.00000304. The van der Waals surface area contributed by atoms with Crippen LogP contribution in [0.4, 0.5) is 37.5 Å². The van der Waals surface area contributed by atoms with Gasteiger partial charge in [-0.2, -0.15) is 0 Å². The molecule has 5 rings (SSSR count). The van der Waals surface area contributed by atoms with E-state index in [0.29, 0.717) is 46.9 Å². The molecule has 188 valence electrons. The first kappa shape index (κ1) is 25.1. The molecule has 0 spiro atoms. The van der Waals surface area contributed by atoms with Crippen LogP contribution in [0.5, 0.6) is 0 Å². The van der Waals surface area contributed by atoms with Gasteiger partial charge < -0.3 is 25.3 Å². The quantitative estimate of drug-likeness (QED) is 0.307. The second-order valence-electron chi connectivity index (χ2n) is 8.28. The summed E-state index contributed by atoms with van der Waals surface area (Å²) in [6.45, 7) is 3.10. The second-order valence-corrected chi connectivity index (χ2v) is 8.28. The minimum Gasteiger partial charge on any atom is -0.378 e. The monoisotopic (exact) mass is 493 g/mol. The van der Waals surface area contributed by atoms with E-state index in [-0.39, 0.29) is 19.4 Å². The lowest BCUT2D eigenvalue weighted by Gasteiger charge is -2.28. The number of aromatic amines is 1. The van der Waals surface area contributed by atoms with Crippen LogP contribution in [0.1, 0.15) is 13.0 Å². The molecule has 1 aliphatic rings. The third-order valence-electron chi connectivity index (χ3n) is 5.91. The van der Waals surface area contributed by atoms with Gasteiger partial charge in [-0.05, 0) is 53.4 Å². The molecule has 0 aliphatic carbocycles. The molecule has 1 fully saturated rings. The zero-order valence-corrected chi connectivity index (χ0v) is 18.9. The van der Waals surface area contributed by atoms with E-state index in [1.54, 1.807) is 42.6 Å². The van der Waals surface area contributed by atoms with Crippen molar-refractivity contribution in [1.82, 2.24) is 9.97 Å². The van der Waals surface area contributed by atoms with Crippen LogP contribution in [0, 0.1) is 0 Å². The Labute approximate surface area is 208 Å². The molecule has 3 N–H and O–H groups in total. The smallest absolute Gasteiger partial charge is 0.259 e. The van der Waals surface area contributed by atoms with Gasteiger partial charge in [0, 0.05) is 42.8 Å². The van der Waals surface area contributed by atoms with Crippen molar-refractivity contribution < 1.29 is 13.5 Å². The van der Waals surface area contributed by atoms with Crippen LogP contribution in [0.2, 0.25) is 0 Å². The molecule has 0 saturated carbocycles. The number of para-hydroxylation sites is 1. The Bertz CT molecular complexity index is 1370. The molecule has 3 heterocycles. The van der Waals surface area contributed by atoms with Crippen molar-refractivity contribution in [1.29, 1.82) is 0 Å². The van der Waals surface area contributed by atoms with Crippen LogP contribution in [-0.4, -0.2) is 42.7 Å². The van der Waals surface area contributed by atoms with E-state index in [1.807, 2.05) is 24.3 Å². The van der Waals surface area contributed by atoms with Crippen molar-refractivity contribution in [3.05, 3.63) is 82.8 Å². The fraction of sp³-hybridized carbons (Fsp3) is 0.259. The highest BCUT2D eigenvalue weighted by molar-refractivity contribution is 5.94. The number of hydrogen-bond donors (Lipinski definition) is 3. The SMILES string of the molecule is C.O=c1[nH]ccc2cc(Nc3ccccc3CC(F)F)nc(Nc3ccc(N4CCOCC4)cc3)c12. The molecule has 0 amide bonds. The van der Waals surface area contributed by atoms with Gasteiger partial charge in [-0.3, -0.25) is 4.79 Å². The third kappa shape index (κ3) is 5.63. The summed E-state index contributed by atoms with van der Waals surface area (Å²) in [5.41, 5.74) is 2.63. The zero-order valence-electron chi connectivity index (χ0n) is 18.9. The second kappa shape index (κ2) is 11.2. The van der Waals surface area contributed by atoms with Gasteiger partial charge in [0.15, 0.2) is 0 Å². The molecule has 4 aromatic rings. The standard InChI is InChI=1S/C26H25F2N5O2.CH4/c27-22(28)15-17-3-1-2-4-21(17)31-23-16-18-9-10-29-26(34)24(18)25(32-23)30-19-5-7-20(8-6-19)33-11-13-35-14-12-33;/h1-10,16,22H,11-15H2,(H,29,34)(H2,30,31,32);1H4. The molecule has 1 aliphatic heterocycles. The molecule has 0 unspecified atom stereocenters. The van der Waals surface area contributed by atoms with Crippen LogP contribution >= 0.6 is 0 Å². The number of nitrogens with one attached hydrogen (secondary N) is 3. The number of anilines is 5. The van der Waals surface area contributed by atoms with E-state index in [0.717, 1.165) is 24.5 Å². The maximum absolute atomic E-state index is 13.0. The molecule has 0 atom stereocenters. The van der Waals surface area contributed by atoms with Crippen LogP contribution in [0.3, 0.4) is 0 Å². The van der Waals surface area contributed by atoms with Gasteiger partial charge in [0.25, 0.3) is 5.56 Å². The van der Waals surface area contributed by atoms with Gasteiger partial charge in [0.05, 0.1) is 18.6 Å². The maximum Gasteiger partial charge on any atom is 0.259 e. The molecule has 1 saturated heterocycles. The summed E-state index contributed by atoms with van der Waals surface area (Å²) in [7, 11) is 0. The first-order chi connectivity index (χ1) is 17.1. The predicted molar refractivity (Wildman–Crippen MR) is 141 cm³/mol. The topological polar surface area (TPSA) is 82.3 Å². The first-order valence-corrected chi connectivity index (χ1v) is 11.4. The highest BCUT2D eigenvalue weighted by Gasteiger charge is 2.14. The van der Waals surface area contributed by atoms with E-state index in [4.69, 9.17) is 4.74 Å². The number of benzene rings is 2. The first-order valence-electron chi connectivity index (χ1n) is 11.4. The molecule has 9 heteroatoms. The summed E-state index contributed by atoms with van der Waals surface area (Å²) >= 11 is 0. The number of ether oxygens (including phenoxy) is 1. The lowest BCUT2D eigenvalue weighted by Crippen LogP contribution is -2.36. The molecule has 36 heavy (non-hydrogen) atoms. The Hall–Kier alpha value is -3.98. The summed E-state index contributed by atoms with van der Waals surface area (Å²) in [4.78, 5) is 22.2. The van der Waals surface area contributed by atoms with Crippen molar-refractivity contribution in [2.45, 2.75) is 20.3 Å². The average Bonchev–Trinajstić information content (AvgIpc) is 2.86. The summed E-state index contributed by atoms with van der Waals surface area (Å²) in [6.07, 6.45) is -1.25. The average molecular weight is 494 g/mol. The van der Waals surface area contributed by atoms with Gasteiger partial charge in [-0.25, -0.2) is 13.8 Å². The Morgan fingerprint density at radius 2 is 1.78 bits per heavy atom. The number of hydrogen-bond acceptors (Lipinski definition) is 6. The van der Waals surface area contributed by atoms with Crippen molar-refractivity contribution in [3.8, 4) is 0 Å². The maximum atomic E-state index is 13.0. The summed E-state index contributed by atoms with van der Waals surface area (Å²) in [5, 5.41) is 7.49. The molecule has 2 aromatic heterocycles. The van der Waals surface area contributed by atoms with Crippen molar-refractivity contribution in [2.75, 3.05) is 41.8 Å². The molecular weight excluding hydrogens is 464 g/mol. The summed E-state index contributed by atoms with van der Waals surface area (Å²) in [6, 6.07) is 18.3. The van der Waals surface area contributed by atoms with Gasteiger partial charge in [-0.1, -0.05) is 25.6 Å². The number of H-pyrrole nitrogens is 1. The van der Waals surface area contributed by atoms with Crippen molar-refractivity contribution in [2.24, 2.45) is 0 Å². The lowest BCUT2D eigenvalue weighted by atomic mass is 10.1. The van der Waals surface area contributed by atoms with Crippen LogP contribution in [0.15, 0.2) is 71.7 Å². The van der Waals surface area contributed by atoms with Gasteiger partial charge >= 0.3 is 0 Å². The number of morpholine rings is 1.